The number of ether oxygens (including phenoxy) is 1. The Labute approximate surface area is 121 Å². The van der Waals surface area contributed by atoms with Gasteiger partial charge in [0.15, 0.2) is 5.78 Å². The molecule has 0 aliphatic carbocycles. The van der Waals surface area contributed by atoms with E-state index in [9.17, 15) is 4.79 Å². The first-order valence-corrected chi connectivity index (χ1v) is 6.86. The van der Waals surface area contributed by atoms with Crippen molar-refractivity contribution in [3.05, 3.63) is 69.7 Å². The number of rotatable bonds is 5. The Balaban J connectivity index is 1.87. The van der Waals surface area contributed by atoms with Gasteiger partial charge in [-0.3, -0.25) is 4.79 Å². The Kier molecular flexibility index (Phi) is 4.88. The third-order valence-corrected chi connectivity index (χ3v) is 3.22. The maximum Gasteiger partial charge on any atom is 0.188 e. The first kappa shape index (κ1) is 14.0. The van der Waals surface area contributed by atoms with Gasteiger partial charge in [0, 0.05) is 10.0 Å². The standard InChI is InChI=1S/C16H15BrO2/c1-12-4-2-6-14(8-12)16(18)11-19-10-13-5-3-7-15(17)9-13/h2-9H,10-11H2,1H3. The summed E-state index contributed by atoms with van der Waals surface area (Å²) in [7, 11) is 0. The van der Waals surface area contributed by atoms with E-state index in [0.29, 0.717) is 12.2 Å². The molecule has 3 heteroatoms. The fraction of sp³-hybridized carbons (Fsp3) is 0.188. The van der Waals surface area contributed by atoms with Crippen molar-refractivity contribution in [2.75, 3.05) is 6.61 Å². The summed E-state index contributed by atoms with van der Waals surface area (Å²) in [4.78, 5) is 11.9. The van der Waals surface area contributed by atoms with E-state index in [1.165, 1.54) is 0 Å². The van der Waals surface area contributed by atoms with Crippen molar-refractivity contribution < 1.29 is 9.53 Å². The van der Waals surface area contributed by atoms with Crippen molar-refractivity contribution in [2.24, 2.45) is 0 Å². The summed E-state index contributed by atoms with van der Waals surface area (Å²) < 4.78 is 6.47. The lowest BCUT2D eigenvalue weighted by Crippen LogP contribution is -2.09. The summed E-state index contributed by atoms with van der Waals surface area (Å²) in [5.74, 6) is 0.0127. The second-order valence-corrected chi connectivity index (χ2v) is 5.33. The number of Topliss-reactive ketones (excluding diaryl/α,β-unsaturated/α-hetero) is 1. The fourth-order valence-electron chi connectivity index (χ4n) is 1.79. The quantitative estimate of drug-likeness (QED) is 0.774. The Bertz CT molecular complexity index is 578. The Morgan fingerprint density at radius 1 is 1.16 bits per heavy atom. The van der Waals surface area contributed by atoms with Gasteiger partial charge in [-0.05, 0) is 30.7 Å². The van der Waals surface area contributed by atoms with Crippen LogP contribution in [0, 0.1) is 6.92 Å². The first-order chi connectivity index (χ1) is 9.15. The van der Waals surface area contributed by atoms with Crippen molar-refractivity contribution in [1.82, 2.24) is 0 Å². The number of hydrogen-bond acceptors (Lipinski definition) is 2. The summed E-state index contributed by atoms with van der Waals surface area (Å²) in [6, 6.07) is 15.4. The first-order valence-electron chi connectivity index (χ1n) is 6.07. The van der Waals surface area contributed by atoms with Gasteiger partial charge in [-0.25, -0.2) is 0 Å². The molecule has 0 fully saturated rings. The molecule has 2 rings (SSSR count). The van der Waals surface area contributed by atoms with Crippen LogP contribution in [0.5, 0.6) is 0 Å². The van der Waals surface area contributed by atoms with Crippen LogP contribution < -0.4 is 0 Å². The Morgan fingerprint density at radius 3 is 2.68 bits per heavy atom. The summed E-state index contributed by atoms with van der Waals surface area (Å²) in [6.07, 6.45) is 0. The van der Waals surface area contributed by atoms with E-state index in [-0.39, 0.29) is 12.4 Å². The lowest BCUT2D eigenvalue weighted by molar-refractivity contribution is 0.0726. The van der Waals surface area contributed by atoms with Gasteiger partial charge >= 0.3 is 0 Å². The lowest BCUT2D eigenvalue weighted by atomic mass is 10.1. The second-order valence-electron chi connectivity index (χ2n) is 4.42. The predicted octanol–water partition coefficient (Wildman–Crippen LogP) is 4.16. The van der Waals surface area contributed by atoms with Gasteiger partial charge in [0.05, 0.1) is 6.61 Å². The van der Waals surface area contributed by atoms with Gasteiger partial charge in [0.25, 0.3) is 0 Å². The van der Waals surface area contributed by atoms with Crippen molar-refractivity contribution in [1.29, 1.82) is 0 Å². The van der Waals surface area contributed by atoms with Gasteiger partial charge in [0.1, 0.15) is 6.61 Å². The molecule has 0 aromatic heterocycles. The Morgan fingerprint density at radius 2 is 1.95 bits per heavy atom. The second kappa shape index (κ2) is 6.64. The maximum absolute atomic E-state index is 11.9. The molecule has 0 radical (unpaired) electrons. The van der Waals surface area contributed by atoms with Crippen LogP contribution in [0.15, 0.2) is 53.0 Å². The molecule has 0 aliphatic heterocycles. The number of ketones is 1. The van der Waals surface area contributed by atoms with Crippen molar-refractivity contribution >= 4 is 21.7 Å². The zero-order valence-corrected chi connectivity index (χ0v) is 12.3. The van der Waals surface area contributed by atoms with E-state index in [2.05, 4.69) is 15.9 Å². The molecule has 0 saturated heterocycles. The summed E-state index contributed by atoms with van der Waals surface area (Å²) in [5.41, 5.74) is 2.83. The number of hydrogen-bond donors (Lipinski definition) is 0. The number of carbonyl (C=O) groups excluding carboxylic acids is 1. The van der Waals surface area contributed by atoms with Crippen molar-refractivity contribution in [3.8, 4) is 0 Å². The number of halogens is 1. The SMILES string of the molecule is Cc1cccc(C(=O)COCc2cccc(Br)c2)c1. The zero-order chi connectivity index (χ0) is 13.7. The average molecular weight is 319 g/mol. The number of aryl methyl sites for hydroxylation is 1. The molecule has 0 N–H and O–H groups in total. The van der Waals surface area contributed by atoms with Crippen LogP contribution in [0.1, 0.15) is 21.5 Å². The number of benzene rings is 2. The highest BCUT2D eigenvalue weighted by molar-refractivity contribution is 9.10. The molecule has 2 nitrogen and oxygen atoms in total. The molecule has 0 atom stereocenters. The van der Waals surface area contributed by atoms with Gasteiger partial charge < -0.3 is 4.74 Å². The molecule has 0 unspecified atom stereocenters. The van der Waals surface area contributed by atoms with E-state index in [0.717, 1.165) is 15.6 Å². The van der Waals surface area contributed by atoms with Gasteiger partial charge in [-0.15, -0.1) is 0 Å². The minimum Gasteiger partial charge on any atom is -0.369 e. The molecule has 2 aromatic carbocycles. The van der Waals surface area contributed by atoms with Crippen LogP contribution in [0.3, 0.4) is 0 Å². The van der Waals surface area contributed by atoms with Crippen LogP contribution in [0.25, 0.3) is 0 Å². The van der Waals surface area contributed by atoms with Gasteiger partial charge in [0.2, 0.25) is 0 Å². The summed E-state index contributed by atoms with van der Waals surface area (Å²) >= 11 is 3.41. The largest absolute Gasteiger partial charge is 0.369 e. The molecule has 0 heterocycles. The van der Waals surface area contributed by atoms with Crippen molar-refractivity contribution in [2.45, 2.75) is 13.5 Å². The molecular formula is C16H15BrO2. The molecule has 0 bridgehead atoms. The highest BCUT2D eigenvalue weighted by atomic mass is 79.9. The van der Waals surface area contributed by atoms with E-state index in [1.807, 2.05) is 55.5 Å². The Hall–Kier alpha value is -1.45. The molecule has 0 aliphatic rings. The van der Waals surface area contributed by atoms with E-state index in [1.54, 1.807) is 0 Å². The van der Waals surface area contributed by atoms with Crippen molar-refractivity contribution in [3.63, 3.8) is 0 Å². The highest BCUT2D eigenvalue weighted by Gasteiger charge is 2.06. The van der Waals surface area contributed by atoms with Gasteiger partial charge in [-0.2, -0.15) is 0 Å². The van der Waals surface area contributed by atoms with Crippen LogP contribution >= 0.6 is 15.9 Å². The molecule has 0 saturated carbocycles. The highest BCUT2D eigenvalue weighted by Crippen LogP contribution is 2.12. The summed E-state index contributed by atoms with van der Waals surface area (Å²) in [6.45, 7) is 2.52. The lowest BCUT2D eigenvalue weighted by Gasteiger charge is -2.05. The van der Waals surface area contributed by atoms with E-state index in [4.69, 9.17) is 4.74 Å². The minimum atomic E-state index is 0.0127. The minimum absolute atomic E-state index is 0.0127. The monoisotopic (exact) mass is 318 g/mol. The van der Waals surface area contributed by atoms with Gasteiger partial charge in [-0.1, -0.05) is 51.8 Å². The molecule has 2 aromatic rings. The number of carbonyl (C=O) groups is 1. The van der Waals surface area contributed by atoms with Crippen LogP contribution in [0.4, 0.5) is 0 Å². The maximum atomic E-state index is 11.9. The van der Waals surface area contributed by atoms with E-state index >= 15 is 0 Å². The fourth-order valence-corrected chi connectivity index (χ4v) is 2.24. The zero-order valence-electron chi connectivity index (χ0n) is 10.7. The van der Waals surface area contributed by atoms with Crippen LogP contribution in [0.2, 0.25) is 0 Å². The van der Waals surface area contributed by atoms with E-state index < -0.39 is 0 Å². The normalized spacial score (nSPS) is 10.4. The van der Waals surface area contributed by atoms with Crippen LogP contribution in [-0.2, 0) is 11.3 Å². The summed E-state index contributed by atoms with van der Waals surface area (Å²) in [5, 5.41) is 0. The molecular weight excluding hydrogens is 304 g/mol. The third kappa shape index (κ3) is 4.30. The predicted molar refractivity (Wildman–Crippen MR) is 79.3 cm³/mol. The van der Waals surface area contributed by atoms with Crippen LogP contribution in [-0.4, -0.2) is 12.4 Å². The average Bonchev–Trinajstić information content (AvgIpc) is 2.38. The molecule has 19 heavy (non-hydrogen) atoms. The topological polar surface area (TPSA) is 26.3 Å². The molecule has 0 spiro atoms. The smallest absolute Gasteiger partial charge is 0.188 e. The molecule has 98 valence electrons. The third-order valence-electron chi connectivity index (χ3n) is 2.73. The molecule has 0 amide bonds.